The summed E-state index contributed by atoms with van der Waals surface area (Å²) in [5.74, 6) is 1.03. The first kappa shape index (κ1) is 22.5. The van der Waals surface area contributed by atoms with Crippen LogP contribution < -0.4 is 108 Å². The van der Waals surface area contributed by atoms with Crippen molar-refractivity contribution < 1.29 is 106 Å². The molecule has 0 atom stereocenters. The maximum absolute atomic E-state index is 6.18. The Hall–Kier alpha value is 1.23. The van der Waals surface area contributed by atoms with E-state index in [0.29, 0.717) is 5.02 Å². The number of likely N-dealkylation sites (N-methyl/N-ethyl adjacent to an activating group) is 1. The zero-order chi connectivity index (χ0) is 15.8. The Morgan fingerprint density at radius 1 is 1.00 bits per heavy atom. The molecule has 2 aromatic rings. The first-order chi connectivity index (χ1) is 11.2. The van der Waals surface area contributed by atoms with Crippen molar-refractivity contribution in [3.63, 3.8) is 0 Å². The minimum atomic E-state index is 0. The fourth-order valence-electron chi connectivity index (χ4n) is 3.07. The van der Waals surface area contributed by atoms with Crippen molar-refractivity contribution in [2.24, 2.45) is 4.99 Å². The zero-order valence-electron chi connectivity index (χ0n) is 17.1. The largest absolute Gasteiger partial charge is 1.00 e. The second-order valence-corrected chi connectivity index (χ2v) is 6.49. The molecule has 2 aliphatic rings. The molecule has 4 nitrogen and oxygen atoms in total. The number of aliphatic imine (C=N–C) groups is 1. The summed E-state index contributed by atoms with van der Waals surface area (Å²) in [6, 6.07) is 14.2. The number of nitrogens with zero attached hydrogens (tertiary/aromatic N) is 3. The summed E-state index contributed by atoms with van der Waals surface area (Å²) in [7, 11) is 2.16. The number of amidine groups is 1. The number of hydrogen-bond donors (Lipinski definition) is 1. The summed E-state index contributed by atoms with van der Waals surface area (Å²) in [5, 5.41) is 4.20. The monoisotopic (exact) mass is 406 g/mol. The molecule has 2 aliphatic heterocycles. The van der Waals surface area contributed by atoms with Gasteiger partial charge < -0.3 is 18.0 Å². The molecule has 25 heavy (non-hydrogen) atoms. The molecule has 1 saturated heterocycles. The van der Waals surface area contributed by atoms with Crippen molar-refractivity contribution in [3.05, 3.63) is 53.1 Å². The van der Waals surface area contributed by atoms with Gasteiger partial charge in [0.25, 0.3) is 0 Å². The fourth-order valence-corrected chi connectivity index (χ4v) is 3.24. The Morgan fingerprint density at radius 2 is 1.72 bits per heavy atom. The van der Waals surface area contributed by atoms with E-state index in [1.807, 2.05) is 24.3 Å². The predicted molar refractivity (Wildman–Crippen MR) is 98.7 cm³/mol. The summed E-state index contributed by atoms with van der Waals surface area (Å²) in [6.45, 7) is 4.08. The van der Waals surface area contributed by atoms with Crippen LogP contribution in [0.25, 0.3) is 0 Å². The number of piperazine rings is 1. The Morgan fingerprint density at radius 3 is 2.48 bits per heavy atom. The summed E-state index contributed by atoms with van der Waals surface area (Å²) in [4.78, 5) is 9.69. The van der Waals surface area contributed by atoms with Gasteiger partial charge in [0.1, 0.15) is 5.84 Å². The standard InChI is InChI=1S/C18H19ClN4.2K.2H/c1-22-8-10-23(11-9-22)18-14-4-2-3-5-15(14)20-16-7-6-13(19)12-17(16)21-18;;;;/h2-7,12,20H,8-11H2,1H3;;;;/q;2*+1;2*-1. The maximum Gasteiger partial charge on any atom is 1.00 e. The van der Waals surface area contributed by atoms with Gasteiger partial charge in [-0.2, -0.15) is 0 Å². The number of hydrogen-bond acceptors (Lipinski definition) is 4. The normalized spacial score (nSPS) is 16.2. The number of benzene rings is 2. The van der Waals surface area contributed by atoms with Gasteiger partial charge in [0.05, 0.1) is 11.4 Å². The number of para-hydroxylation sites is 1. The number of nitrogens with one attached hydrogen (secondary N) is 1. The van der Waals surface area contributed by atoms with E-state index in [-0.39, 0.29) is 106 Å². The average Bonchev–Trinajstić information content (AvgIpc) is 2.72. The van der Waals surface area contributed by atoms with E-state index in [4.69, 9.17) is 16.6 Å². The van der Waals surface area contributed by atoms with E-state index in [1.165, 1.54) is 0 Å². The molecular formula is C18H21ClK2N4. The summed E-state index contributed by atoms with van der Waals surface area (Å²) >= 11 is 6.18. The van der Waals surface area contributed by atoms with Crippen LogP contribution >= 0.6 is 11.6 Å². The number of rotatable bonds is 0. The van der Waals surface area contributed by atoms with E-state index in [9.17, 15) is 0 Å². The number of anilines is 2. The van der Waals surface area contributed by atoms with Crippen LogP contribution in [0.1, 0.15) is 8.42 Å². The van der Waals surface area contributed by atoms with Gasteiger partial charge in [-0.3, -0.25) is 0 Å². The summed E-state index contributed by atoms with van der Waals surface area (Å²) in [5.41, 5.74) is 4.12. The van der Waals surface area contributed by atoms with Crippen molar-refractivity contribution in [2.45, 2.75) is 0 Å². The minimum Gasteiger partial charge on any atom is -1.00 e. The van der Waals surface area contributed by atoms with Gasteiger partial charge in [0.2, 0.25) is 0 Å². The Balaban J connectivity index is 0.00000169. The zero-order valence-corrected chi connectivity index (χ0v) is 22.1. The SMILES string of the molecule is CN1CCN(C2=Nc3cc(Cl)ccc3Nc3ccccc32)CC1.[H-].[H-].[K+].[K+]. The van der Waals surface area contributed by atoms with E-state index in [1.54, 1.807) is 0 Å². The molecule has 0 saturated carbocycles. The molecule has 0 spiro atoms. The van der Waals surface area contributed by atoms with Crippen molar-refractivity contribution in [2.75, 3.05) is 38.5 Å². The third kappa shape index (κ3) is 5.19. The molecule has 1 N–H and O–H groups in total. The molecule has 0 radical (unpaired) electrons. The Bertz CT molecular complexity index is 784. The van der Waals surface area contributed by atoms with Gasteiger partial charge in [-0.25, -0.2) is 4.99 Å². The quantitative estimate of drug-likeness (QED) is 0.511. The van der Waals surface area contributed by atoms with E-state index in [2.05, 4.69) is 40.4 Å². The Kier molecular flexibility index (Phi) is 9.13. The van der Waals surface area contributed by atoms with Crippen molar-refractivity contribution in [3.8, 4) is 0 Å². The van der Waals surface area contributed by atoms with E-state index in [0.717, 1.165) is 54.6 Å². The van der Waals surface area contributed by atoms with Gasteiger partial charge in [-0.15, -0.1) is 0 Å². The van der Waals surface area contributed by atoms with Crippen LogP contribution in [0.15, 0.2) is 47.5 Å². The molecule has 0 bridgehead atoms. The molecule has 0 aliphatic carbocycles. The first-order valence-electron chi connectivity index (χ1n) is 7.89. The molecule has 7 heteroatoms. The number of halogens is 1. The van der Waals surface area contributed by atoms with Crippen LogP contribution in [0, 0.1) is 0 Å². The molecule has 0 amide bonds. The molecule has 0 unspecified atom stereocenters. The smallest absolute Gasteiger partial charge is 1.00 e. The van der Waals surface area contributed by atoms with Gasteiger partial charge in [0.15, 0.2) is 0 Å². The second kappa shape index (κ2) is 10.1. The first-order valence-corrected chi connectivity index (χ1v) is 8.27. The summed E-state index contributed by atoms with van der Waals surface area (Å²) < 4.78 is 0. The van der Waals surface area contributed by atoms with Crippen molar-refractivity contribution in [1.29, 1.82) is 0 Å². The maximum atomic E-state index is 6.18. The van der Waals surface area contributed by atoms with Gasteiger partial charge in [0, 0.05) is 42.5 Å². The molecule has 2 aromatic carbocycles. The average molecular weight is 407 g/mol. The summed E-state index contributed by atoms with van der Waals surface area (Å²) in [6.07, 6.45) is 0. The molecule has 2 heterocycles. The second-order valence-electron chi connectivity index (χ2n) is 6.06. The Labute approximate surface area is 242 Å². The third-order valence-corrected chi connectivity index (χ3v) is 4.66. The van der Waals surface area contributed by atoms with Crippen LogP contribution in [0.4, 0.5) is 17.1 Å². The topological polar surface area (TPSA) is 30.9 Å². The van der Waals surface area contributed by atoms with Crippen LogP contribution in [-0.4, -0.2) is 48.9 Å². The van der Waals surface area contributed by atoms with Gasteiger partial charge >= 0.3 is 103 Å². The van der Waals surface area contributed by atoms with Crippen LogP contribution in [0.3, 0.4) is 0 Å². The van der Waals surface area contributed by atoms with Crippen LogP contribution in [0.5, 0.6) is 0 Å². The van der Waals surface area contributed by atoms with Crippen molar-refractivity contribution >= 4 is 34.5 Å². The third-order valence-electron chi connectivity index (χ3n) is 4.43. The minimum absolute atomic E-state index is 0. The van der Waals surface area contributed by atoms with Gasteiger partial charge in [-0.1, -0.05) is 23.7 Å². The number of fused-ring (bicyclic) bond motifs is 2. The predicted octanol–water partition coefficient (Wildman–Crippen LogP) is -2.04. The van der Waals surface area contributed by atoms with Crippen LogP contribution in [-0.2, 0) is 0 Å². The molecule has 0 aromatic heterocycles. The van der Waals surface area contributed by atoms with E-state index < -0.39 is 0 Å². The molecule has 4 rings (SSSR count). The fraction of sp³-hybridized carbons (Fsp3) is 0.278. The van der Waals surface area contributed by atoms with Gasteiger partial charge in [-0.05, 0) is 37.4 Å². The molecule has 1 fully saturated rings. The van der Waals surface area contributed by atoms with Crippen LogP contribution in [0.2, 0.25) is 5.02 Å². The molecule has 122 valence electrons. The molecular weight excluding hydrogens is 386 g/mol. The van der Waals surface area contributed by atoms with Crippen molar-refractivity contribution in [1.82, 2.24) is 9.80 Å². The van der Waals surface area contributed by atoms with E-state index >= 15 is 0 Å².